The van der Waals surface area contributed by atoms with Gasteiger partial charge in [-0.05, 0) is 52.0 Å². The Bertz CT molecular complexity index is 1660. The molecule has 0 aliphatic heterocycles. The third-order valence-corrected chi connectivity index (χ3v) is 7.40. The van der Waals surface area contributed by atoms with E-state index in [0.29, 0.717) is 0 Å². The van der Waals surface area contributed by atoms with Gasteiger partial charge < -0.3 is 9.55 Å². The number of nitrogens with one attached hydrogen (secondary N) is 1. The molecular formula is C27H32N6O2S2. The van der Waals surface area contributed by atoms with E-state index >= 15 is 0 Å². The van der Waals surface area contributed by atoms with Crippen LogP contribution in [0.1, 0.15) is 22.0 Å². The summed E-state index contributed by atoms with van der Waals surface area (Å²) in [6.07, 6.45) is 3.76. The van der Waals surface area contributed by atoms with Crippen LogP contribution in [0.5, 0.6) is 0 Å². The third kappa shape index (κ3) is 7.37. The summed E-state index contributed by atoms with van der Waals surface area (Å²) in [6.45, 7) is 7.75. The van der Waals surface area contributed by atoms with Gasteiger partial charge in [-0.25, -0.2) is 9.97 Å². The number of aromatic nitrogens is 6. The number of imidazole rings is 2. The predicted molar refractivity (Wildman–Crippen MR) is 155 cm³/mol. The first-order valence-electron chi connectivity index (χ1n) is 11.6. The van der Waals surface area contributed by atoms with Crippen LogP contribution in [0.25, 0.3) is 21.1 Å². The Labute approximate surface area is 223 Å². The number of hydrogen-bond acceptors (Lipinski definition) is 6. The van der Waals surface area contributed by atoms with Gasteiger partial charge in [-0.2, -0.15) is 0 Å². The number of nitrogens with zero attached hydrogens (tertiary/aromatic N) is 5. The van der Waals surface area contributed by atoms with E-state index in [0.717, 1.165) is 43.1 Å². The fourth-order valence-corrected chi connectivity index (χ4v) is 5.13. The van der Waals surface area contributed by atoms with Crippen molar-refractivity contribution in [2.24, 2.45) is 21.1 Å². The highest BCUT2D eigenvalue weighted by molar-refractivity contribution is 7.13. The molecule has 0 bridgehead atoms. The largest absolute Gasteiger partial charge is 0.342 e. The van der Waals surface area contributed by atoms with Gasteiger partial charge in [0.25, 0.3) is 11.1 Å². The van der Waals surface area contributed by atoms with E-state index in [1.807, 2.05) is 94.0 Å². The number of aromatic amines is 1. The average molecular weight is 537 g/mol. The van der Waals surface area contributed by atoms with Crippen molar-refractivity contribution < 1.29 is 0 Å². The molecule has 0 aliphatic rings. The smallest absolute Gasteiger partial charge is 0.268 e. The zero-order chi connectivity index (χ0) is 27.1. The summed E-state index contributed by atoms with van der Waals surface area (Å²) in [5.74, 6) is 0.973. The van der Waals surface area contributed by atoms with Crippen LogP contribution in [0.4, 0.5) is 0 Å². The Morgan fingerprint density at radius 1 is 0.811 bits per heavy atom. The van der Waals surface area contributed by atoms with Crippen LogP contribution in [0.15, 0.2) is 70.6 Å². The number of rotatable bonds is 0. The highest BCUT2D eigenvalue weighted by atomic mass is 32.1. The number of hydrogen-bond donors (Lipinski definition) is 1. The predicted octanol–water partition coefficient (Wildman–Crippen LogP) is 5.26. The lowest BCUT2D eigenvalue weighted by molar-refractivity contribution is 0.913. The van der Waals surface area contributed by atoms with Crippen LogP contribution in [0.3, 0.4) is 0 Å². The Kier molecular flexibility index (Phi) is 9.37. The van der Waals surface area contributed by atoms with E-state index in [2.05, 4.69) is 15.0 Å². The van der Waals surface area contributed by atoms with Gasteiger partial charge in [0.2, 0.25) is 0 Å². The van der Waals surface area contributed by atoms with E-state index in [1.54, 1.807) is 28.3 Å². The molecule has 0 amide bonds. The van der Waals surface area contributed by atoms with Crippen molar-refractivity contribution >= 4 is 44.2 Å². The number of H-pyrrole nitrogens is 1. The molecule has 1 N–H and O–H groups in total. The molecule has 6 aromatic rings. The molecule has 2 aromatic carbocycles. The average Bonchev–Trinajstić information content (AvgIpc) is 3.58. The molecule has 6 rings (SSSR count). The third-order valence-electron chi connectivity index (χ3n) is 5.39. The first-order chi connectivity index (χ1) is 17.6. The topological polar surface area (TPSA) is 90.5 Å². The van der Waals surface area contributed by atoms with Crippen molar-refractivity contribution in [3.05, 3.63) is 104 Å². The molecule has 4 aromatic heterocycles. The van der Waals surface area contributed by atoms with E-state index in [-0.39, 0.29) is 11.1 Å². The molecule has 194 valence electrons. The standard InChI is InChI=1S/C8H8N2.C8H7NOS.C6H9NOS.C5H8N2/c1-6-9-7-4-2-3-5-8(7)10-6;1-9-8(10)6-4-2-3-5-7(6)11-9;1-4-5(2)9-7(3)6(4)8;1-5-3-7(2)4-6-5/h2-5H,1H3,(H,9,10);2-5H,1H3;1-3H3;3-4H,1-2H3. The van der Waals surface area contributed by atoms with E-state index < -0.39 is 0 Å². The lowest BCUT2D eigenvalue weighted by atomic mass is 10.3. The Morgan fingerprint density at radius 2 is 1.46 bits per heavy atom. The molecule has 8 nitrogen and oxygen atoms in total. The lowest BCUT2D eigenvalue weighted by Crippen LogP contribution is -2.10. The zero-order valence-corrected chi connectivity index (χ0v) is 23.8. The minimum Gasteiger partial charge on any atom is -0.342 e. The Hall–Kier alpha value is -3.76. The van der Waals surface area contributed by atoms with Crippen LogP contribution >= 0.6 is 23.1 Å². The fraction of sp³-hybridized carbons (Fsp3) is 0.259. The van der Waals surface area contributed by atoms with Crippen molar-refractivity contribution in [2.75, 3.05) is 0 Å². The molecule has 0 radical (unpaired) electrons. The highest BCUT2D eigenvalue weighted by Gasteiger charge is 2.02. The molecule has 0 saturated carbocycles. The number of aryl methyl sites for hydroxylation is 6. The van der Waals surface area contributed by atoms with Crippen molar-refractivity contribution in [1.82, 2.24) is 27.4 Å². The van der Waals surface area contributed by atoms with Crippen LogP contribution in [-0.4, -0.2) is 27.4 Å². The van der Waals surface area contributed by atoms with Crippen LogP contribution in [0.2, 0.25) is 0 Å². The molecule has 0 fully saturated rings. The number of fused-ring (bicyclic) bond motifs is 2. The maximum absolute atomic E-state index is 11.3. The molecule has 0 aliphatic carbocycles. The summed E-state index contributed by atoms with van der Waals surface area (Å²) in [5, 5.41) is 0.819. The molecule has 4 heterocycles. The summed E-state index contributed by atoms with van der Waals surface area (Å²) < 4.78 is 6.27. The minimum atomic E-state index is 0.102. The van der Waals surface area contributed by atoms with Crippen molar-refractivity contribution in [3.8, 4) is 0 Å². The summed E-state index contributed by atoms with van der Waals surface area (Å²) >= 11 is 2.98. The summed E-state index contributed by atoms with van der Waals surface area (Å²) in [6, 6.07) is 15.7. The maximum atomic E-state index is 11.3. The summed E-state index contributed by atoms with van der Waals surface area (Å²) in [5.41, 5.74) is 4.34. The van der Waals surface area contributed by atoms with Crippen LogP contribution in [0, 0.1) is 27.7 Å². The zero-order valence-electron chi connectivity index (χ0n) is 22.1. The van der Waals surface area contributed by atoms with Gasteiger partial charge >= 0.3 is 0 Å². The second-order valence-corrected chi connectivity index (χ2v) is 11.0. The van der Waals surface area contributed by atoms with Gasteiger partial charge in [0.1, 0.15) is 5.82 Å². The minimum absolute atomic E-state index is 0.102. The van der Waals surface area contributed by atoms with Crippen LogP contribution in [-0.2, 0) is 21.1 Å². The summed E-state index contributed by atoms with van der Waals surface area (Å²) in [4.78, 5) is 34.8. The van der Waals surface area contributed by atoms with Gasteiger partial charge in [-0.1, -0.05) is 47.3 Å². The molecule has 37 heavy (non-hydrogen) atoms. The van der Waals surface area contributed by atoms with E-state index in [9.17, 15) is 9.59 Å². The van der Waals surface area contributed by atoms with Gasteiger partial charge in [-0.15, -0.1) is 0 Å². The Morgan fingerprint density at radius 3 is 1.95 bits per heavy atom. The molecule has 0 atom stereocenters. The Balaban J connectivity index is 0.000000139. The van der Waals surface area contributed by atoms with Crippen molar-refractivity contribution in [3.63, 3.8) is 0 Å². The molecule has 0 unspecified atom stereocenters. The second-order valence-electron chi connectivity index (χ2n) is 8.49. The van der Waals surface area contributed by atoms with Crippen molar-refractivity contribution in [2.45, 2.75) is 27.7 Å². The molecular weight excluding hydrogens is 504 g/mol. The summed E-state index contributed by atoms with van der Waals surface area (Å²) in [7, 11) is 5.53. The first-order valence-corrected chi connectivity index (χ1v) is 13.2. The maximum Gasteiger partial charge on any atom is 0.268 e. The quantitative estimate of drug-likeness (QED) is 0.287. The van der Waals surface area contributed by atoms with E-state index in [1.165, 1.54) is 23.1 Å². The van der Waals surface area contributed by atoms with Gasteiger partial charge in [0, 0.05) is 37.8 Å². The highest BCUT2D eigenvalue weighted by Crippen LogP contribution is 2.14. The number of para-hydroxylation sites is 2. The second kappa shape index (κ2) is 12.5. The van der Waals surface area contributed by atoms with Crippen molar-refractivity contribution in [1.29, 1.82) is 0 Å². The fourth-order valence-electron chi connectivity index (χ4n) is 3.41. The molecule has 10 heteroatoms. The lowest BCUT2D eigenvalue weighted by Gasteiger charge is -1.81. The van der Waals surface area contributed by atoms with E-state index in [4.69, 9.17) is 0 Å². The van der Waals surface area contributed by atoms with Crippen LogP contribution < -0.4 is 11.1 Å². The first kappa shape index (κ1) is 27.8. The SMILES string of the molecule is Cc1cn(C)cn1.Cc1nc2ccccc2[nH]1.Cc1sn(C)c(=O)c1C.Cn1sc2ccccc2c1=O. The number of benzene rings is 2. The van der Waals surface area contributed by atoms with Gasteiger partial charge in [0.05, 0.1) is 33.1 Å². The molecule has 0 spiro atoms. The van der Waals surface area contributed by atoms with Gasteiger partial charge in [-0.3, -0.25) is 17.5 Å². The normalized spacial score (nSPS) is 10.2. The molecule has 0 saturated heterocycles. The van der Waals surface area contributed by atoms with Gasteiger partial charge in [0.15, 0.2) is 0 Å². The monoisotopic (exact) mass is 536 g/mol.